The van der Waals surface area contributed by atoms with Crippen molar-refractivity contribution < 1.29 is 13.9 Å². The topological polar surface area (TPSA) is 26.3 Å². The van der Waals surface area contributed by atoms with Crippen LogP contribution < -0.4 is 0 Å². The molecule has 1 unspecified atom stereocenters. The molecule has 17 heavy (non-hydrogen) atoms. The Hall–Kier alpha value is -1.74. The molecular formula is C14H13FO2. The minimum Gasteiger partial charge on any atom is -0.346 e. The molecule has 2 rings (SSSR count). The highest BCUT2D eigenvalue weighted by Crippen LogP contribution is 2.26. The first-order valence-electron chi connectivity index (χ1n) is 5.38. The van der Waals surface area contributed by atoms with Crippen LogP contribution in [-0.4, -0.2) is 18.7 Å². The molecule has 1 aromatic carbocycles. The zero-order chi connectivity index (χ0) is 12.3. The molecule has 0 saturated carbocycles. The summed E-state index contributed by atoms with van der Waals surface area (Å²) in [5.41, 5.74) is 1.11. The maximum Gasteiger partial charge on any atom is 0.232 e. The molecule has 0 amide bonds. The van der Waals surface area contributed by atoms with Crippen molar-refractivity contribution in [2.45, 2.75) is 12.3 Å². The number of hydrogen-bond acceptors (Lipinski definition) is 2. The van der Waals surface area contributed by atoms with Crippen LogP contribution in [0.3, 0.4) is 0 Å². The highest BCUT2D eigenvalue weighted by atomic mass is 19.2. The molecule has 0 saturated heterocycles. The minimum absolute atomic E-state index is 0.0634. The maximum absolute atomic E-state index is 13.7. The van der Waals surface area contributed by atoms with Crippen LogP contribution >= 0.6 is 0 Å². The molecule has 88 valence electrons. The van der Waals surface area contributed by atoms with Crippen LogP contribution in [0.4, 0.5) is 4.39 Å². The fraction of sp³-hybridized carbons (Fsp3) is 0.214. The normalized spacial score (nSPS) is 23.3. The van der Waals surface area contributed by atoms with Gasteiger partial charge >= 0.3 is 0 Å². The lowest BCUT2D eigenvalue weighted by Crippen LogP contribution is -2.24. The molecular weight excluding hydrogens is 219 g/mol. The second kappa shape index (κ2) is 4.63. The first-order chi connectivity index (χ1) is 8.14. The minimum atomic E-state index is -1.78. The monoisotopic (exact) mass is 232 g/mol. The Bertz CT molecular complexity index is 476. The van der Waals surface area contributed by atoms with Crippen molar-refractivity contribution in [1.82, 2.24) is 0 Å². The Morgan fingerprint density at radius 3 is 2.59 bits per heavy atom. The highest BCUT2D eigenvalue weighted by Gasteiger charge is 2.28. The van der Waals surface area contributed by atoms with Gasteiger partial charge in [-0.25, -0.2) is 4.39 Å². The fourth-order valence-electron chi connectivity index (χ4n) is 1.68. The average Bonchev–Trinajstić information content (AvgIpc) is 2.40. The summed E-state index contributed by atoms with van der Waals surface area (Å²) in [6.07, 6.45) is 4.39. The zero-order valence-electron chi connectivity index (χ0n) is 9.52. The summed E-state index contributed by atoms with van der Waals surface area (Å²) in [5.74, 6) is -1.87. The summed E-state index contributed by atoms with van der Waals surface area (Å²) in [6.45, 7) is 0. The second-order valence-electron chi connectivity index (χ2n) is 3.88. The quantitative estimate of drug-likeness (QED) is 0.749. The SMILES string of the molecule is COC1(F)C=CC(C(=O)c2ccccc2)=CC1. The third kappa shape index (κ3) is 2.50. The van der Waals surface area contributed by atoms with Crippen molar-refractivity contribution in [2.24, 2.45) is 0 Å². The van der Waals surface area contributed by atoms with Gasteiger partial charge in [0.25, 0.3) is 0 Å². The number of methoxy groups -OCH3 is 1. The summed E-state index contributed by atoms with van der Waals surface area (Å²) in [5, 5.41) is 0. The van der Waals surface area contributed by atoms with Crippen LogP contribution in [0.5, 0.6) is 0 Å². The molecule has 1 aliphatic rings. The van der Waals surface area contributed by atoms with E-state index >= 15 is 0 Å². The van der Waals surface area contributed by atoms with Gasteiger partial charge < -0.3 is 4.74 Å². The standard InChI is InChI=1S/C14H13FO2/c1-17-14(15)9-7-12(8-10-14)13(16)11-5-3-2-4-6-11/h2-9H,10H2,1H3. The van der Waals surface area contributed by atoms with Gasteiger partial charge in [0.05, 0.1) is 0 Å². The van der Waals surface area contributed by atoms with E-state index in [9.17, 15) is 9.18 Å². The van der Waals surface area contributed by atoms with Crippen molar-refractivity contribution in [3.05, 3.63) is 59.7 Å². The van der Waals surface area contributed by atoms with E-state index < -0.39 is 5.85 Å². The van der Waals surface area contributed by atoms with Crippen LogP contribution in [0.2, 0.25) is 0 Å². The summed E-state index contributed by atoms with van der Waals surface area (Å²) >= 11 is 0. The number of ether oxygens (including phenoxy) is 1. The molecule has 0 aromatic heterocycles. The largest absolute Gasteiger partial charge is 0.346 e. The number of alkyl halides is 1. The van der Waals surface area contributed by atoms with Crippen LogP contribution in [0.15, 0.2) is 54.1 Å². The number of ketones is 1. The van der Waals surface area contributed by atoms with Crippen molar-refractivity contribution in [2.75, 3.05) is 7.11 Å². The van der Waals surface area contributed by atoms with Crippen LogP contribution in [0.25, 0.3) is 0 Å². The van der Waals surface area contributed by atoms with Gasteiger partial charge in [0.15, 0.2) is 5.78 Å². The molecule has 0 aliphatic heterocycles. The number of rotatable bonds is 3. The first kappa shape index (κ1) is 11.7. The third-order valence-corrected chi connectivity index (χ3v) is 2.75. The predicted molar refractivity (Wildman–Crippen MR) is 63.5 cm³/mol. The fourth-order valence-corrected chi connectivity index (χ4v) is 1.68. The van der Waals surface area contributed by atoms with Gasteiger partial charge in [-0.15, -0.1) is 0 Å². The predicted octanol–water partition coefficient (Wildman–Crippen LogP) is 3.07. The Labute approximate surface area is 99.4 Å². The third-order valence-electron chi connectivity index (χ3n) is 2.75. The zero-order valence-corrected chi connectivity index (χ0v) is 9.52. The van der Waals surface area contributed by atoms with Crippen molar-refractivity contribution in [3.8, 4) is 0 Å². The molecule has 1 atom stereocenters. The lowest BCUT2D eigenvalue weighted by atomic mass is 9.96. The van der Waals surface area contributed by atoms with Gasteiger partial charge in [-0.1, -0.05) is 36.4 Å². The number of benzene rings is 1. The number of Topliss-reactive ketones (excluding diaryl/α,β-unsaturated/α-hetero) is 1. The summed E-state index contributed by atoms with van der Waals surface area (Å²) in [7, 11) is 1.31. The van der Waals surface area contributed by atoms with Crippen molar-refractivity contribution in [3.63, 3.8) is 0 Å². The number of allylic oxidation sites excluding steroid dienone is 2. The van der Waals surface area contributed by atoms with E-state index in [0.717, 1.165) is 0 Å². The maximum atomic E-state index is 13.7. The molecule has 1 aromatic rings. The molecule has 0 bridgehead atoms. The molecule has 0 radical (unpaired) electrons. The van der Waals surface area contributed by atoms with E-state index in [1.807, 2.05) is 6.07 Å². The van der Waals surface area contributed by atoms with E-state index in [1.165, 1.54) is 19.3 Å². The van der Waals surface area contributed by atoms with Crippen LogP contribution in [0.1, 0.15) is 16.8 Å². The van der Waals surface area contributed by atoms with E-state index in [4.69, 9.17) is 4.74 Å². The van der Waals surface area contributed by atoms with Gasteiger partial charge in [0.1, 0.15) is 0 Å². The Morgan fingerprint density at radius 2 is 2.06 bits per heavy atom. The molecule has 0 heterocycles. The lowest BCUT2D eigenvalue weighted by molar-refractivity contribution is -0.0768. The average molecular weight is 232 g/mol. The highest BCUT2D eigenvalue weighted by molar-refractivity contribution is 6.10. The molecule has 2 nitrogen and oxygen atoms in total. The van der Waals surface area contributed by atoms with Gasteiger partial charge in [-0.05, 0) is 12.2 Å². The summed E-state index contributed by atoms with van der Waals surface area (Å²) in [6, 6.07) is 8.93. The lowest BCUT2D eigenvalue weighted by Gasteiger charge is -2.21. The van der Waals surface area contributed by atoms with E-state index in [0.29, 0.717) is 11.1 Å². The number of hydrogen-bond donors (Lipinski definition) is 0. The first-order valence-corrected chi connectivity index (χ1v) is 5.38. The Kier molecular flexibility index (Phi) is 3.20. The molecule has 3 heteroatoms. The van der Waals surface area contributed by atoms with Crippen LogP contribution in [-0.2, 0) is 4.74 Å². The Morgan fingerprint density at radius 1 is 1.35 bits per heavy atom. The molecule has 0 fully saturated rings. The van der Waals surface area contributed by atoms with E-state index in [1.54, 1.807) is 30.3 Å². The smallest absolute Gasteiger partial charge is 0.232 e. The second-order valence-corrected chi connectivity index (χ2v) is 3.88. The van der Waals surface area contributed by atoms with E-state index in [-0.39, 0.29) is 12.2 Å². The number of carbonyl (C=O) groups is 1. The van der Waals surface area contributed by atoms with Gasteiger partial charge in [0.2, 0.25) is 5.85 Å². The number of halogens is 1. The summed E-state index contributed by atoms with van der Waals surface area (Å²) < 4.78 is 18.4. The van der Waals surface area contributed by atoms with Gasteiger partial charge in [-0.2, -0.15) is 0 Å². The number of carbonyl (C=O) groups excluding carboxylic acids is 1. The van der Waals surface area contributed by atoms with Gasteiger partial charge in [-0.3, -0.25) is 4.79 Å². The van der Waals surface area contributed by atoms with Crippen molar-refractivity contribution >= 4 is 5.78 Å². The summed E-state index contributed by atoms with van der Waals surface area (Å²) in [4.78, 5) is 12.0. The van der Waals surface area contributed by atoms with E-state index in [2.05, 4.69) is 0 Å². The van der Waals surface area contributed by atoms with Crippen LogP contribution in [0, 0.1) is 0 Å². The molecule has 1 aliphatic carbocycles. The van der Waals surface area contributed by atoms with Gasteiger partial charge in [0, 0.05) is 24.7 Å². The Balaban J connectivity index is 2.17. The molecule has 0 spiro atoms. The molecule has 0 N–H and O–H groups in total. The van der Waals surface area contributed by atoms with Crippen molar-refractivity contribution in [1.29, 1.82) is 0 Å².